The quantitative estimate of drug-likeness (QED) is 0.884. The number of aliphatic hydroxyl groups excluding tert-OH is 1. The zero-order valence-electron chi connectivity index (χ0n) is 11.3. The van der Waals surface area contributed by atoms with Crippen molar-refractivity contribution in [2.45, 2.75) is 30.4 Å². The van der Waals surface area contributed by atoms with Crippen LogP contribution >= 0.6 is 15.9 Å². The summed E-state index contributed by atoms with van der Waals surface area (Å²) in [4.78, 5) is 0.195. The molecule has 1 N–H and O–H groups in total. The number of rotatable bonds is 4. The summed E-state index contributed by atoms with van der Waals surface area (Å²) >= 11 is 3.28. The molecule has 0 bridgehead atoms. The molecule has 0 amide bonds. The van der Waals surface area contributed by atoms with E-state index in [0.29, 0.717) is 23.1 Å². The molecule has 1 heterocycles. The minimum atomic E-state index is -3.57. The average Bonchev–Trinajstić information content (AvgIpc) is 2.47. The third kappa shape index (κ3) is 3.23. The van der Waals surface area contributed by atoms with Gasteiger partial charge in [0, 0.05) is 24.7 Å². The molecule has 0 aliphatic carbocycles. The Hall–Kier alpha value is -0.470. The monoisotopic (exact) mass is 363 g/mol. The lowest BCUT2D eigenvalue weighted by molar-refractivity contribution is 0.0571. The van der Waals surface area contributed by atoms with Gasteiger partial charge in [0.15, 0.2) is 0 Å². The molecule has 7 heteroatoms. The lowest BCUT2D eigenvalue weighted by Crippen LogP contribution is -2.42. The number of benzene rings is 1. The maximum atomic E-state index is 12.7. The maximum Gasteiger partial charge on any atom is 0.244 e. The molecule has 1 aliphatic heterocycles. The van der Waals surface area contributed by atoms with E-state index >= 15 is 0 Å². The predicted molar refractivity (Wildman–Crippen MR) is 78.9 cm³/mol. The zero-order chi connectivity index (χ0) is 14.8. The number of hydrogen-bond acceptors (Lipinski definition) is 4. The first kappa shape index (κ1) is 15.9. The Morgan fingerprint density at radius 3 is 2.90 bits per heavy atom. The minimum absolute atomic E-state index is 0.0571. The molecule has 1 aromatic carbocycles. The van der Waals surface area contributed by atoms with Gasteiger partial charge in [0.25, 0.3) is 0 Å². The van der Waals surface area contributed by atoms with Crippen LogP contribution in [0.1, 0.15) is 18.4 Å². The highest BCUT2D eigenvalue weighted by Crippen LogP contribution is 2.28. The summed E-state index contributed by atoms with van der Waals surface area (Å²) in [6.45, 7) is 0.684. The Labute approximate surface area is 127 Å². The van der Waals surface area contributed by atoms with Crippen molar-refractivity contribution in [2.75, 3.05) is 20.2 Å². The molecule has 0 saturated carbocycles. The molecular weight excluding hydrogens is 346 g/mol. The Morgan fingerprint density at radius 1 is 1.50 bits per heavy atom. The van der Waals surface area contributed by atoms with Crippen molar-refractivity contribution in [1.29, 1.82) is 0 Å². The lowest BCUT2D eigenvalue weighted by atomic mass is 10.1. The van der Waals surface area contributed by atoms with Gasteiger partial charge in [0.2, 0.25) is 10.0 Å². The van der Waals surface area contributed by atoms with E-state index in [-0.39, 0.29) is 17.6 Å². The largest absolute Gasteiger partial charge is 0.392 e. The lowest BCUT2D eigenvalue weighted by Gasteiger charge is -2.31. The molecule has 112 valence electrons. The van der Waals surface area contributed by atoms with E-state index in [1.807, 2.05) is 0 Å². The van der Waals surface area contributed by atoms with Gasteiger partial charge in [-0.2, -0.15) is 4.31 Å². The van der Waals surface area contributed by atoms with Crippen LogP contribution < -0.4 is 0 Å². The van der Waals surface area contributed by atoms with Gasteiger partial charge in [-0.1, -0.05) is 6.07 Å². The summed E-state index contributed by atoms with van der Waals surface area (Å²) in [7, 11) is -1.97. The van der Waals surface area contributed by atoms with Crippen molar-refractivity contribution in [3.63, 3.8) is 0 Å². The molecule has 1 unspecified atom stereocenters. The Morgan fingerprint density at radius 2 is 2.25 bits per heavy atom. The van der Waals surface area contributed by atoms with Gasteiger partial charge < -0.3 is 9.84 Å². The second kappa shape index (κ2) is 6.53. The summed E-state index contributed by atoms with van der Waals surface area (Å²) in [5, 5.41) is 9.17. The topological polar surface area (TPSA) is 66.8 Å². The molecule has 1 aliphatic rings. The fraction of sp³-hybridized carbons (Fsp3) is 0.538. The number of nitrogens with zero attached hydrogens (tertiary/aromatic N) is 1. The van der Waals surface area contributed by atoms with Crippen molar-refractivity contribution in [3.05, 3.63) is 28.2 Å². The predicted octanol–water partition coefficient (Wildman–Crippen LogP) is 1.74. The molecule has 1 aromatic rings. The highest BCUT2D eigenvalue weighted by atomic mass is 79.9. The van der Waals surface area contributed by atoms with Crippen LogP contribution in [0.25, 0.3) is 0 Å². The van der Waals surface area contributed by atoms with Crippen molar-refractivity contribution >= 4 is 26.0 Å². The summed E-state index contributed by atoms with van der Waals surface area (Å²) in [6.07, 6.45) is 1.61. The molecule has 1 saturated heterocycles. The van der Waals surface area contributed by atoms with E-state index < -0.39 is 10.0 Å². The Bertz CT molecular complexity index is 576. The first-order valence-electron chi connectivity index (χ1n) is 6.41. The van der Waals surface area contributed by atoms with Crippen LogP contribution in [0.4, 0.5) is 0 Å². The van der Waals surface area contributed by atoms with E-state index in [1.165, 1.54) is 10.4 Å². The van der Waals surface area contributed by atoms with Crippen LogP contribution in [0.2, 0.25) is 0 Å². The van der Waals surface area contributed by atoms with Gasteiger partial charge in [-0.25, -0.2) is 8.42 Å². The Balaban J connectivity index is 2.34. The normalized spacial score (nSPS) is 21.1. The third-order valence-corrected chi connectivity index (χ3v) is 6.33. The van der Waals surface area contributed by atoms with Gasteiger partial charge in [-0.15, -0.1) is 0 Å². The molecule has 5 nitrogen and oxygen atoms in total. The highest BCUT2D eigenvalue weighted by Gasteiger charge is 2.31. The molecular formula is C13H18BrNO4S. The summed E-state index contributed by atoms with van der Waals surface area (Å²) < 4.78 is 32.6. The third-order valence-electron chi connectivity index (χ3n) is 3.47. The minimum Gasteiger partial charge on any atom is -0.392 e. The second-order valence-corrected chi connectivity index (χ2v) is 7.55. The van der Waals surface area contributed by atoms with Crippen molar-refractivity contribution in [3.8, 4) is 0 Å². The average molecular weight is 364 g/mol. The summed E-state index contributed by atoms with van der Waals surface area (Å²) in [6, 6.07) is 4.85. The molecule has 0 spiro atoms. The van der Waals surface area contributed by atoms with Crippen LogP contribution in [-0.4, -0.2) is 44.1 Å². The van der Waals surface area contributed by atoms with Gasteiger partial charge in [-0.05, 0) is 46.5 Å². The second-order valence-electron chi connectivity index (χ2n) is 4.79. The van der Waals surface area contributed by atoms with Crippen molar-refractivity contribution in [1.82, 2.24) is 4.31 Å². The number of methoxy groups -OCH3 is 1. The van der Waals surface area contributed by atoms with Gasteiger partial charge >= 0.3 is 0 Å². The van der Waals surface area contributed by atoms with Crippen LogP contribution in [0, 0.1) is 0 Å². The van der Waals surface area contributed by atoms with Crippen molar-refractivity contribution < 1.29 is 18.3 Å². The van der Waals surface area contributed by atoms with Gasteiger partial charge in [0.1, 0.15) is 0 Å². The first-order valence-corrected chi connectivity index (χ1v) is 8.64. The SMILES string of the molecule is COC1CCCN(S(=O)(=O)c2cc(CO)ccc2Br)C1. The molecule has 2 rings (SSSR count). The smallest absolute Gasteiger partial charge is 0.244 e. The van der Waals surface area contributed by atoms with E-state index in [1.54, 1.807) is 19.2 Å². The van der Waals surface area contributed by atoms with Crippen molar-refractivity contribution in [2.24, 2.45) is 0 Å². The summed E-state index contributed by atoms with van der Waals surface area (Å²) in [5.41, 5.74) is 0.576. The first-order chi connectivity index (χ1) is 9.48. The number of sulfonamides is 1. The van der Waals surface area contributed by atoms with Gasteiger partial charge in [0.05, 0.1) is 17.6 Å². The molecule has 20 heavy (non-hydrogen) atoms. The number of ether oxygens (including phenoxy) is 1. The molecule has 0 radical (unpaired) electrons. The maximum absolute atomic E-state index is 12.7. The van der Waals surface area contributed by atoms with E-state index in [2.05, 4.69) is 15.9 Å². The standard InChI is InChI=1S/C13H18BrNO4S/c1-19-11-3-2-6-15(8-11)20(17,18)13-7-10(9-16)4-5-12(13)14/h4-5,7,11,16H,2-3,6,8-9H2,1H3. The van der Waals surface area contributed by atoms with Gasteiger partial charge in [-0.3, -0.25) is 0 Å². The van der Waals surface area contributed by atoms with Crippen LogP contribution in [0.5, 0.6) is 0 Å². The number of aliphatic hydroxyl groups is 1. The fourth-order valence-corrected chi connectivity index (χ4v) is 4.78. The van der Waals surface area contributed by atoms with Crippen LogP contribution in [0.3, 0.4) is 0 Å². The van der Waals surface area contributed by atoms with E-state index in [9.17, 15) is 8.42 Å². The summed E-state index contributed by atoms with van der Waals surface area (Å²) in [5.74, 6) is 0. The number of halogens is 1. The zero-order valence-corrected chi connectivity index (χ0v) is 13.7. The fourth-order valence-electron chi connectivity index (χ4n) is 2.30. The number of hydrogen-bond donors (Lipinski definition) is 1. The number of piperidine rings is 1. The molecule has 1 atom stereocenters. The van der Waals surface area contributed by atoms with Crippen LogP contribution in [-0.2, 0) is 21.4 Å². The van der Waals surface area contributed by atoms with E-state index in [0.717, 1.165) is 12.8 Å². The Kier molecular flexibility index (Phi) is 5.19. The van der Waals surface area contributed by atoms with E-state index in [4.69, 9.17) is 9.84 Å². The highest BCUT2D eigenvalue weighted by molar-refractivity contribution is 9.10. The molecule has 0 aromatic heterocycles. The molecule has 1 fully saturated rings. The van der Waals surface area contributed by atoms with Crippen LogP contribution in [0.15, 0.2) is 27.6 Å².